The highest BCUT2D eigenvalue weighted by atomic mass is 32.1. The molecule has 0 heterocycles. The van der Waals surface area contributed by atoms with Crippen molar-refractivity contribution in [3.63, 3.8) is 0 Å². The zero-order chi connectivity index (χ0) is 15.7. The van der Waals surface area contributed by atoms with Crippen LogP contribution in [0.4, 0.5) is 22.0 Å². The smallest absolute Gasteiger partial charge is 0.206 e. The summed E-state index contributed by atoms with van der Waals surface area (Å²) in [7, 11) is 0. The van der Waals surface area contributed by atoms with Crippen LogP contribution in [0.15, 0.2) is 0 Å². The predicted molar refractivity (Wildman–Crippen MR) is 66.9 cm³/mol. The summed E-state index contributed by atoms with van der Waals surface area (Å²) in [6.45, 7) is 3.02. The molecule has 2 nitrogen and oxygen atoms in total. The van der Waals surface area contributed by atoms with Gasteiger partial charge in [0.2, 0.25) is 29.1 Å². The Labute approximate surface area is 117 Å². The molecule has 0 aliphatic heterocycles. The van der Waals surface area contributed by atoms with Crippen LogP contribution in [0.1, 0.15) is 20.3 Å². The summed E-state index contributed by atoms with van der Waals surface area (Å²) in [6, 6.07) is 0. The van der Waals surface area contributed by atoms with E-state index in [1.165, 1.54) is 0 Å². The van der Waals surface area contributed by atoms with Crippen LogP contribution in [-0.2, 0) is 0 Å². The van der Waals surface area contributed by atoms with Crippen molar-refractivity contribution in [3.8, 4) is 5.75 Å². The van der Waals surface area contributed by atoms with E-state index in [1.807, 2.05) is 0 Å². The molecule has 0 amide bonds. The molecule has 0 unspecified atom stereocenters. The Kier molecular flexibility index (Phi) is 4.90. The summed E-state index contributed by atoms with van der Waals surface area (Å²) in [6.07, 6.45) is 0.155. The maximum Gasteiger partial charge on any atom is 0.206 e. The lowest BCUT2D eigenvalue weighted by molar-refractivity contribution is 0.235. The Bertz CT molecular complexity index is 518. The molecule has 0 radical (unpaired) electrons. The SMILES string of the molecule is CC(C)(CCOc1c(F)c(F)c(F)c(F)c1F)C(N)=S. The number of ether oxygens (including phenoxy) is 1. The van der Waals surface area contributed by atoms with Crippen LogP contribution in [0.3, 0.4) is 0 Å². The maximum atomic E-state index is 13.3. The summed E-state index contributed by atoms with van der Waals surface area (Å²) < 4.78 is 69.8. The highest BCUT2D eigenvalue weighted by Crippen LogP contribution is 2.30. The molecule has 2 N–H and O–H groups in total. The van der Waals surface area contributed by atoms with Gasteiger partial charge in [-0.15, -0.1) is 0 Å². The van der Waals surface area contributed by atoms with E-state index >= 15 is 0 Å². The highest BCUT2D eigenvalue weighted by molar-refractivity contribution is 7.80. The first-order valence-electron chi connectivity index (χ1n) is 5.53. The monoisotopic (exact) mass is 313 g/mol. The lowest BCUT2D eigenvalue weighted by atomic mass is 9.90. The largest absolute Gasteiger partial charge is 0.487 e. The molecule has 0 aliphatic rings. The first-order chi connectivity index (χ1) is 9.09. The van der Waals surface area contributed by atoms with Gasteiger partial charge in [-0.25, -0.2) is 13.2 Å². The minimum Gasteiger partial charge on any atom is -0.487 e. The number of rotatable bonds is 5. The van der Waals surface area contributed by atoms with Crippen molar-refractivity contribution in [1.82, 2.24) is 0 Å². The molecule has 1 aromatic carbocycles. The van der Waals surface area contributed by atoms with Gasteiger partial charge in [0.05, 0.1) is 11.6 Å². The van der Waals surface area contributed by atoms with Gasteiger partial charge in [0.1, 0.15) is 0 Å². The van der Waals surface area contributed by atoms with Gasteiger partial charge < -0.3 is 10.5 Å². The van der Waals surface area contributed by atoms with Crippen molar-refractivity contribution in [3.05, 3.63) is 29.1 Å². The standard InChI is InChI=1S/C12H12F5NOS/c1-12(2,11(18)20)3-4-19-10-8(16)6(14)5(13)7(15)9(10)17/h3-4H2,1-2H3,(H2,18,20). The van der Waals surface area contributed by atoms with E-state index in [9.17, 15) is 22.0 Å². The third kappa shape index (κ3) is 3.17. The van der Waals surface area contributed by atoms with Crippen molar-refractivity contribution in [1.29, 1.82) is 0 Å². The van der Waals surface area contributed by atoms with Crippen molar-refractivity contribution in [2.45, 2.75) is 20.3 Å². The second kappa shape index (κ2) is 5.90. The average Bonchev–Trinajstić information content (AvgIpc) is 2.38. The number of benzene rings is 1. The normalized spacial score (nSPS) is 11.6. The Morgan fingerprint density at radius 3 is 1.80 bits per heavy atom. The second-order valence-electron chi connectivity index (χ2n) is 4.75. The second-order valence-corrected chi connectivity index (χ2v) is 5.19. The molecule has 0 fully saturated rings. The Balaban J connectivity index is 2.93. The zero-order valence-corrected chi connectivity index (χ0v) is 11.5. The summed E-state index contributed by atoms with van der Waals surface area (Å²) in [5.74, 6) is -11.6. The van der Waals surface area contributed by atoms with Gasteiger partial charge in [-0.05, 0) is 6.42 Å². The molecule has 0 atom stereocenters. The van der Waals surface area contributed by atoms with Crippen LogP contribution in [0.2, 0.25) is 0 Å². The number of hydrogen-bond donors (Lipinski definition) is 1. The van der Waals surface area contributed by atoms with E-state index < -0.39 is 40.3 Å². The van der Waals surface area contributed by atoms with Gasteiger partial charge in [-0.1, -0.05) is 26.1 Å². The van der Waals surface area contributed by atoms with E-state index in [2.05, 4.69) is 4.74 Å². The molecule has 20 heavy (non-hydrogen) atoms. The van der Waals surface area contributed by atoms with Crippen LogP contribution in [0, 0.1) is 34.5 Å². The molecular weight excluding hydrogens is 301 g/mol. The summed E-state index contributed by atoms with van der Waals surface area (Å²) in [4.78, 5) is 0.151. The zero-order valence-electron chi connectivity index (χ0n) is 10.7. The van der Waals surface area contributed by atoms with Gasteiger partial charge >= 0.3 is 0 Å². The Morgan fingerprint density at radius 1 is 1.00 bits per heavy atom. The van der Waals surface area contributed by atoms with Crippen molar-refractivity contribution in [2.24, 2.45) is 11.1 Å². The van der Waals surface area contributed by atoms with Gasteiger partial charge in [0.25, 0.3) is 0 Å². The van der Waals surface area contributed by atoms with Crippen molar-refractivity contribution < 1.29 is 26.7 Å². The number of nitrogens with two attached hydrogens (primary N) is 1. The van der Waals surface area contributed by atoms with Crippen LogP contribution >= 0.6 is 12.2 Å². The molecule has 0 spiro atoms. The fraction of sp³-hybridized carbons (Fsp3) is 0.417. The highest BCUT2D eigenvalue weighted by Gasteiger charge is 2.28. The van der Waals surface area contributed by atoms with Gasteiger partial charge in [-0.2, -0.15) is 8.78 Å². The number of hydrogen-bond acceptors (Lipinski definition) is 2. The van der Waals surface area contributed by atoms with E-state index in [0.29, 0.717) is 0 Å². The van der Waals surface area contributed by atoms with E-state index in [-0.39, 0.29) is 18.0 Å². The Morgan fingerprint density at radius 2 is 1.40 bits per heavy atom. The molecule has 1 aromatic rings. The topological polar surface area (TPSA) is 35.2 Å². The lowest BCUT2D eigenvalue weighted by Gasteiger charge is -2.23. The first-order valence-corrected chi connectivity index (χ1v) is 5.94. The van der Waals surface area contributed by atoms with Gasteiger partial charge in [0, 0.05) is 5.41 Å². The molecule has 1 rings (SSSR count). The summed E-state index contributed by atoms with van der Waals surface area (Å²) in [5.41, 5.74) is 4.77. The van der Waals surface area contributed by atoms with Gasteiger partial charge in [-0.3, -0.25) is 0 Å². The number of halogens is 5. The van der Waals surface area contributed by atoms with Crippen LogP contribution in [-0.4, -0.2) is 11.6 Å². The molecule has 0 aromatic heterocycles. The minimum absolute atomic E-state index is 0.151. The minimum atomic E-state index is -2.23. The third-order valence-electron chi connectivity index (χ3n) is 2.81. The number of thiocarbonyl (C=S) groups is 1. The van der Waals surface area contributed by atoms with Crippen molar-refractivity contribution >= 4 is 17.2 Å². The maximum absolute atomic E-state index is 13.3. The molecule has 0 saturated heterocycles. The third-order valence-corrected chi connectivity index (χ3v) is 3.36. The molecule has 0 aliphatic carbocycles. The Hall–Kier alpha value is -1.44. The predicted octanol–water partition coefficient (Wildman–Crippen LogP) is 3.46. The fourth-order valence-corrected chi connectivity index (χ4v) is 1.34. The lowest BCUT2D eigenvalue weighted by Crippen LogP contribution is -2.31. The molecule has 8 heteroatoms. The first kappa shape index (κ1) is 16.6. The van der Waals surface area contributed by atoms with E-state index in [4.69, 9.17) is 18.0 Å². The van der Waals surface area contributed by atoms with Crippen LogP contribution < -0.4 is 10.5 Å². The summed E-state index contributed by atoms with van der Waals surface area (Å²) in [5, 5.41) is 0. The quantitative estimate of drug-likeness (QED) is 0.391. The molecule has 0 saturated carbocycles. The van der Waals surface area contributed by atoms with Crippen LogP contribution in [0.25, 0.3) is 0 Å². The van der Waals surface area contributed by atoms with Crippen molar-refractivity contribution in [2.75, 3.05) is 6.61 Å². The van der Waals surface area contributed by atoms with Gasteiger partial charge in [0.15, 0.2) is 5.75 Å². The van der Waals surface area contributed by atoms with E-state index in [0.717, 1.165) is 0 Å². The van der Waals surface area contributed by atoms with E-state index in [1.54, 1.807) is 13.8 Å². The molecular formula is C12H12F5NOS. The van der Waals surface area contributed by atoms with Crippen LogP contribution in [0.5, 0.6) is 5.75 Å². The molecule has 0 bridgehead atoms. The summed E-state index contributed by atoms with van der Waals surface area (Å²) >= 11 is 4.78. The fourth-order valence-electron chi connectivity index (χ4n) is 1.24. The average molecular weight is 313 g/mol. The molecule has 112 valence electrons.